The molecular weight excluding hydrogens is 306 g/mol. The predicted molar refractivity (Wildman–Crippen MR) is 91.4 cm³/mol. The van der Waals surface area contributed by atoms with Gasteiger partial charge in [0, 0.05) is 36.6 Å². The van der Waals surface area contributed by atoms with E-state index in [-0.39, 0.29) is 12.0 Å². The monoisotopic (exact) mass is 327 g/mol. The van der Waals surface area contributed by atoms with Crippen molar-refractivity contribution in [2.45, 2.75) is 13.0 Å². The molecule has 1 aliphatic rings. The fourth-order valence-corrected chi connectivity index (χ4v) is 2.54. The Kier molecular flexibility index (Phi) is 5.40. The van der Waals surface area contributed by atoms with Crippen LogP contribution >= 0.6 is 0 Å². The maximum Gasteiger partial charge on any atom is 0.255 e. The number of rotatable bonds is 5. The van der Waals surface area contributed by atoms with Crippen molar-refractivity contribution in [1.82, 2.24) is 10.3 Å². The van der Waals surface area contributed by atoms with Crippen molar-refractivity contribution in [3.63, 3.8) is 0 Å². The first kappa shape index (κ1) is 16.4. The predicted octanol–water partition coefficient (Wildman–Crippen LogP) is 2.39. The van der Waals surface area contributed by atoms with E-state index in [4.69, 9.17) is 9.47 Å². The van der Waals surface area contributed by atoms with E-state index in [1.165, 1.54) is 0 Å². The maximum atomic E-state index is 12.3. The van der Waals surface area contributed by atoms with Crippen molar-refractivity contribution in [2.75, 3.05) is 31.6 Å². The summed E-state index contributed by atoms with van der Waals surface area (Å²) in [5, 5.41) is 6.18. The van der Waals surface area contributed by atoms with Crippen LogP contribution in [0.5, 0.6) is 5.88 Å². The summed E-state index contributed by atoms with van der Waals surface area (Å²) in [4.78, 5) is 16.4. The molecular formula is C18H21N3O3. The summed E-state index contributed by atoms with van der Waals surface area (Å²) in [5.41, 5.74) is 2.35. The first-order chi connectivity index (χ1) is 11.8. The van der Waals surface area contributed by atoms with Crippen LogP contribution < -0.4 is 15.4 Å². The lowest BCUT2D eigenvalue weighted by atomic mass is 10.1. The molecule has 24 heavy (non-hydrogen) atoms. The number of carbonyl (C=O) groups is 1. The molecule has 0 aliphatic carbocycles. The molecule has 0 radical (unpaired) electrons. The third-order valence-electron chi connectivity index (χ3n) is 3.76. The highest BCUT2D eigenvalue weighted by molar-refractivity contribution is 6.04. The Bertz CT molecular complexity index is 682. The second kappa shape index (κ2) is 7.90. The highest BCUT2D eigenvalue weighted by Crippen LogP contribution is 2.21. The van der Waals surface area contributed by atoms with Crippen molar-refractivity contribution in [3.05, 3.63) is 53.7 Å². The Balaban J connectivity index is 1.64. The van der Waals surface area contributed by atoms with Crippen molar-refractivity contribution in [2.24, 2.45) is 0 Å². The number of anilines is 1. The number of nitrogens with one attached hydrogen (secondary N) is 2. The van der Waals surface area contributed by atoms with Crippen molar-refractivity contribution < 1.29 is 14.3 Å². The van der Waals surface area contributed by atoms with Crippen LogP contribution in [-0.4, -0.2) is 37.2 Å². The first-order valence-electron chi connectivity index (χ1n) is 8.08. The third kappa shape index (κ3) is 4.10. The number of nitrogens with zero attached hydrogens (tertiary/aromatic N) is 1. The van der Waals surface area contributed by atoms with E-state index in [9.17, 15) is 4.79 Å². The number of ether oxygens (including phenoxy) is 2. The fraction of sp³-hybridized carbons (Fsp3) is 0.333. The van der Waals surface area contributed by atoms with Gasteiger partial charge in [-0.25, -0.2) is 4.98 Å². The number of hydrogen-bond acceptors (Lipinski definition) is 5. The molecule has 0 spiro atoms. The largest absolute Gasteiger partial charge is 0.478 e. The van der Waals surface area contributed by atoms with Crippen LogP contribution in [0.3, 0.4) is 0 Å². The second-order valence-electron chi connectivity index (χ2n) is 5.46. The molecule has 1 aromatic carbocycles. The summed E-state index contributed by atoms with van der Waals surface area (Å²) < 4.78 is 11.0. The van der Waals surface area contributed by atoms with Crippen molar-refractivity contribution in [1.29, 1.82) is 0 Å². The van der Waals surface area contributed by atoms with Crippen LogP contribution in [0, 0.1) is 0 Å². The Hall–Kier alpha value is -2.44. The van der Waals surface area contributed by atoms with Crippen molar-refractivity contribution in [3.8, 4) is 5.88 Å². The third-order valence-corrected chi connectivity index (χ3v) is 3.76. The lowest BCUT2D eigenvalue weighted by Crippen LogP contribution is -2.33. The molecule has 2 aromatic rings. The van der Waals surface area contributed by atoms with E-state index in [1.807, 2.05) is 31.2 Å². The van der Waals surface area contributed by atoms with Crippen LogP contribution in [0.25, 0.3) is 0 Å². The molecule has 1 aromatic heterocycles. The molecule has 126 valence electrons. The average molecular weight is 327 g/mol. The molecule has 6 heteroatoms. The molecule has 2 N–H and O–H groups in total. The summed E-state index contributed by atoms with van der Waals surface area (Å²) in [6.07, 6.45) is 1.63. The minimum atomic E-state index is -0.193. The van der Waals surface area contributed by atoms with Crippen LogP contribution in [0.15, 0.2) is 42.6 Å². The second-order valence-corrected chi connectivity index (χ2v) is 5.46. The minimum Gasteiger partial charge on any atom is -0.478 e. The number of morpholine rings is 1. The topological polar surface area (TPSA) is 72.5 Å². The number of carbonyl (C=O) groups excluding carboxylic acids is 1. The molecule has 1 atom stereocenters. The van der Waals surface area contributed by atoms with E-state index >= 15 is 0 Å². The molecule has 0 bridgehead atoms. The van der Waals surface area contributed by atoms with Gasteiger partial charge in [-0.3, -0.25) is 4.79 Å². The summed E-state index contributed by atoms with van der Waals surface area (Å²) in [6, 6.07) is 11.0. The fourth-order valence-electron chi connectivity index (χ4n) is 2.54. The van der Waals surface area contributed by atoms with E-state index in [2.05, 4.69) is 15.6 Å². The summed E-state index contributed by atoms with van der Waals surface area (Å²) in [6.45, 7) is 4.80. The van der Waals surface area contributed by atoms with Gasteiger partial charge in [0.15, 0.2) is 0 Å². The minimum absolute atomic E-state index is 0.0671. The van der Waals surface area contributed by atoms with Gasteiger partial charge in [-0.05, 0) is 30.7 Å². The van der Waals surface area contributed by atoms with Gasteiger partial charge in [-0.1, -0.05) is 12.1 Å². The van der Waals surface area contributed by atoms with E-state index in [0.29, 0.717) is 24.7 Å². The quantitative estimate of drug-likeness (QED) is 0.882. The van der Waals surface area contributed by atoms with Gasteiger partial charge in [0.05, 0.1) is 19.3 Å². The number of benzene rings is 1. The van der Waals surface area contributed by atoms with Gasteiger partial charge in [0.25, 0.3) is 5.91 Å². The molecule has 1 fully saturated rings. The van der Waals surface area contributed by atoms with E-state index < -0.39 is 0 Å². The van der Waals surface area contributed by atoms with Gasteiger partial charge in [-0.15, -0.1) is 0 Å². The zero-order chi connectivity index (χ0) is 16.8. The van der Waals surface area contributed by atoms with Crippen molar-refractivity contribution >= 4 is 11.6 Å². The molecule has 0 unspecified atom stereocenters. The zero-order valence-electron chi connectivity index (χ0n) is 13.6. The number of amides is 1. The molecule has 1 saturated heterocycles. The van der Waals surface area contributed by atoms with Crippen LogP contribution in [0.4, 0.5) is 5.69 Å². The van der Waals surface area contributed by atoms with E-state index in [0.717, 1.165) is 24.3 Å². The number of aromatic nitrogens is 1. The summed E-state index contributed by atoms with van der Waals surface area (Å²) in [5.74, 6) is 0.254. The molecule has 1 amide bonds. The van der Waals surface area contributed by atoms with Gasteiger partial charge in [0.1, 0.15) is 0 Å². The molecule has 1 aliphatic heterocycles. The zero-order valence-corrected chi connectivity index (χ0v) is 13.6. The Labute approximate surface area is 141 Å². The van der Waals surface area contributed by atoms with Crippen LogP contribution in [-0.2, 0) is 4.74 Å². The lowest BCUT2D eigenvalue weighted by molar-refractivity contribution is 0.0277. The van der Waals surface area contributed by atoms with Gasteiger partial charge in [0.2, 0.25) is 5.88 Å². The SMILES string of the molecule is CCOc1cc(C(=O)Nc2ccc([C@H]3CNCCO3)cc2)ccn1. The maximum absolute atomic E-state index is 12.3. The smallest absolute Gasteiger partial charge is 0.255 e. The molecule has 6 nitrogen and oxygen atoms in total. The Morgan fingerprint density at radius 2 is 2.21 bits per heavy atom. The highest BCUT2D eigenvalue weighted by Gasteiger charge is 2.15. The standard InChI is InChI=1S/C18H21N3O3/c1-2-23-17-11-14(7-8-20-17)18(22)21-15-5-3-13(4-6-15)16-12-19-9-10-24-16/h3-8,11,16,19H,2,9-10,12H2,1H3,(H,21,22)/t16-/m1/s1. The first-order valence-corrected chi connectivity index (χ1v) is 8.08. The lowest BCUT2D eigenvalue weighted by Gasteiger charge is -2.24. The Morgan fingerprint density at radius 1 is 1.38 bits per heavy atom. The molecule has 2 heterocycles. The average Bonchev–Trinajstić information content (AvgIpc) is 2.64. The number of hydrogen-bond donors (Lipinski definition) is 2. The highest BCUT2D eigenvalue weighted by atomic mass is 16.5. The molecule has 0 saturated carbocycles. The summed E-state index contributed by atoms with van der Waals surface area (Å²) >= 11 is 0. The van der Waals surface area contributed by atoms with E-state index in [1.54, 1.807) is 18.3 Å². The Morgan fingerprint density at radius 3 is 2.92 bits per heavy atom. The number of pyridine rings is 1. The van der Waals surface area contributed by atoms with Gasteiger partial charge in [-0.2, -0.15) is 0 Å². The normalized spacial score (nSPS) is 17.3. The van der Waals surface area contributed by atoms with Crippen LogP contribution in [0.1, 0.15) is 28.9 Å². The molecule has 3 rings (SSSR count). The van der Waals surface area contributed by atoms with Crippen LogP contribution in [0.2, 0.25) is 0 Å². The van der Waals surface area contributed by atoms with Gasteiger partial charge < -0.3 is 20.1 Å². The van der Waals surface area contributed by atoms with Gasteiger partial charge >= 0.3 is 0 Å². The summed E-state index contributed by atoms with van der Waals surface area (Å²) in [7, 11) is 0.